The van der Waals surface area contributed by atoms with E-state index >= 15 is 0 Å². The van der Waals surface area contributed by atoms with E-state index < -0.39 is 0 Å². The molecule has 0 aromatic carbocycles. The Bertz CT molecular complexity index is 192. The van der Waals surface area contributed by atoms with E-state index in [2.05, 4.69) is 17.1 Å². The Balaban J connectivity index is 1.59. The molecule has 0 bridgehead atoms. The smallest absolute Gasteiger partial charge is 0.0480 e. The minimum absolute atomic E-state index is 0.703. The van der Waals surface area contributed by atoms with Gasteiger partial charge in [-0.15, -0.1) is 0 Å². The summed E-state index contributed by atoms with van der Waals surface area (Å²) in [4.78, 5) is 2.63. The van der Waals surface area contributed by atoms with Gasteiger partial charge in [0.15, 0.2) is 0 Å². The third-order valence-electron chi connectivity index (χ3n) is 3.99. The fraction of sp³-hybridized carbons (Fsp3) is 1.00. The minimum Gasteiger partial charge on any atom is -0.381 e. The molecule has 0 aromatic rings. The molecule has 2 rings (SSSR count). The maximum Gasteiger partial charge on any atom is 0.0480 e. The Morgan fingerprint density at radius 3 is 2.75 bits per heavy atom. The largest absolute Gasteiger partial charge is 0.381 e. The molecule has 0 radical (unpaired) electrons. The summed E-state index contributed by atoms with van der Waals surface area (Å²) in [6.07, 6.45) is 6.58. The van der Waals surface area contributed by atoms with Crippen LogP contribution in [-0.4, -0.2) is 49.8 Å². The Labute approximate surface area is 99.5 Å². The Kier molecular flexibility index (Phi) is 5.07. The van der Waals surface area contributed by atoms with Crippen molar-refractivity contribution in [2.75, 3.05) is 32.8 Å². The van der Waals surface area contributed by atoms with E-state index in [1.54, 1.807) is 0 Å². The predicted molar refractivity (Wildman–Crippen MR) is 66.7 cm³/mol. The highest BCUT2D eigenvalue weighted by molar-refractivity contribution is 4.75. The maximum atomic E-state index is 5.36. The van der Waals surface area contributed by atoms with Crippen molar-refractivity contribution in [1.82, 2.24) is 10.2 Å². The van der Waals surface area contributed by atoms with E-state index in [1.807, 2.05) is 0 Å². The zero-order valence-electron chi connectivity index (χ0n) is 10.6. The normalized spacial score (nSPS) is 29.4. The highest BCUT2D eigenvalue weighted by atomic mass is 16.5. The minimum atomic E-state index is 0.703. The summed E-state index contributed by atoms with van der Waals surface area (Å²) < 4.78 is 5.36. The second kappa shape index (κ2) is 6.58. The summed E-state index contributed by atoms with van der Waals surface area (Å²) in [5.41, 5.74) is 0. The van der Waals surface area contributed by atoms with Crippen LogP contribution in [0.15, 0.2) is 0 Å². The van der Waals surface area contributed by atoms with Crippen LogP contribution in [0, 0.1) is 0 Å². The number of hydrogen-bond acceptors (Lipinski definition) is 3. The lowest BCUT2D eigenvalue weighted by Crippen LogP contribution is -2.44. The van der Waals surface area contributed by atoms with Crippen LogP contribution < -0.4 is 5.32 Å². The number of ether oxygens (including phenoxy) is 1. The lowest BCUT2D eigenvalue weighted by molar-refractivity contribution is 0.0759. The Morgan fingerprint density at radius 1 is 1.19 bits per heavy atom. The van der Waals surface area contributed by atoms with Crippen LogP contribution in [0.2, 0.25) is 0 Å². The number of likely N-dealkylation sites (tertiary alicyclic amines) is 1. The van der Waals surface area contributed by atoms with Crippen molar-refractivity contribution in [2.45, 2.75) is 51.1 Å². The molecule has 0 spiro atoms. The van der Waals surface area contributed by atoms with Gasteiger partial charge in [0.2, 0.25) is 0 Å². The second-order valence-corrected chi connectivity index (χ2v) is 5.22. The van der Waals surface area contributed by atoms with Crippen LogP contribution in [0.5, 0.6) is 0 Å². The van der Waals surface area contributed by atoms with Gasteiger partial charge < -0.3 is 10.1 Å². The molecule has 2 aliphatic heterocycles. The molecule has 2 saturated heterocycles. The third-order valence-corrected chi connectivity index (χ3v) is 3.99. The van der Waals surface area contributed by atoms with Gasteiger partial charge in [-0.1, -0.05) is 6.42 Å². The molecule has 0 amide bonds. The van der Waals surface area contributed by atoms with Crippen molar-refractivity contribution in [3.05, 3.63) is 0 Å². The number of hydrogen-bond donors (Lipinski definition) is 1. The van der Waals surface area contributed by atoms with Gasteiger partial charge in [-0.3, -0.25) is 4.90 Å². The van der Waals surface area contributed by atoms with Crippen molar-refractivity contribution in [3.63, 3.8) is 0 Å². The maximum absolute atomic E-state index is 5.36. The summed E-state index contributed by atoms with van der Waals surface area (Å²) in [5, 5.41) is 3.67. The van der Waals surface area contributed by atoms with Crippen molar-refractivity contribution in [3.8, 4) is 0 Å². The van der Waals surface area contributed by atoms with E-state index in [4.69, 9.17) is 4.74 Å². The molecule has 1 atom stereocenters. The number of piperidine rings is 1. The average molecular weight is 226 g/mol. The Hall–Kier alpha value is -0.120. The molecule has 0 aromatic heterocycles. The predicted octanol–water partition coefficient (Wildman–Crippen LogP) is 1.63. The van der Waals surface area contributed by atoms with E-state index in [-0.39, 0.29) is 0 Å². The van der Waals surface area contributed by atoms with Crippen LogP contribution >= 0.6 is 0 Å². The first kappa shape index (κ1) is 12.3. The number of nitrogens with one attached hydrogen (secondary N) is 1. The molecule has 2 heterocycles. The van der Waals surface area contributed by atoms with Gasteiger partial charge in [0, 0.05) is 38.4 Å². The van der Waals surface area contributed by atoms with E-state index in [9.17, 15) is 0 Å². The van der Waals surface area contributed by atoms with Crippen molar-refractivity contribution < 1.29 is 4.74 Å². The molecule has 1 N–H and O–H groups in total. The van der Waals surface area contributed by atoms with Crippen LogP contribution in [0.1, 0.15) is 39.0 Å². The first-order valence-corrected chi connectivity index (χ1v) is 6.91. The first-order valence-electron chi connectivity index (χ1n) is 6.91. The molecule has 2 aliphatic rings. The summed E-state index contributed by atoms with van der Waals surface area (Å²) in [6.45, 7) is 7.92. The van der Waals surface area contributed by atoms with Gasteiger partial charge in [0.05, 0.1) is 0 Å². The summed E-state index contributed by atoms with van der Waals surface area (Å²) in [5.74, 6) is 0. The average Bonchev–Trinajstić information content (AvgIpc) is 2.33. The van der Waals surface area contributed by atoms with Crippen LogP contribution in [0.3, 0.4) is 0 Å². The highest BCUT2D eigenvalue weighted by Gasteiger charge is 2.18. The summed E-state index contributed by atoms with van der Waals surface area (Å²) >= 11 is 0. The monoisotopic (exact) mass is 226 g/mol. The summed E-state index contributed by atoms with van der Waals surface area (Å²) in [6, 6.07) is 1.50. The van der Waals surface area contributed by atoms with Gasteiger partial charge >= 0.3 is 0 Å². The SMILES string of the molecule is CC1CCCCN1CCNC1CCOCC1. The standard InChI is InChI=1S/C13H26N2O/c1-12-4-2-3-8-15(12)9-7-14-13-5-10-16-11-6-13/h12-14H,2-11H2,1H3. The molecule has 94 valence electrons. The molecule has 0 aliphatic carbocycles. The van der Waals surface area contributed by atoms with Crippen molar-refractivity contribution in [2.24, 2.45) is 0 Å². The highest BCUT2D eigenvalue weighted by Crippen LogP contribution is 2.15. The van der Waals surface area contributed by atoms with Crippen LogP contribution in [-0.2, 0) is 4.74 Å². The number of rotatable bonds is 4. The van der Waals surface area contributed by atoms with Crippen molar-refractivity contribution in [1.29, 1.82) is 0 Å². The fourth-order valence-electron chi connectivity index (χ4n) is 2.80. The van der Waals surface area contributed by atoms with Gasteiger partial charge in [0.25, 0.3) is 0 Å². The van der Waals surface area contributed by atoms with Gasteiger partial charge in [-0.25, -0.2) is 0 Å². The van der Waals surface area contributed by atoms with E-state index in [0.29, 0.717) is 6.04 Å². The Morgan fingerprint density at radius 2 is 2.00 bits per heavy atom. The molecular weight excluding hydrogens is 200 g/mol. The number of nitrogens with zero attached hydrogens (tertiary/aromatic N) is 1. The van der Waals surface area contributed by atoms with Gasteiger partial charge in [-0.2, -0.15) is 0 Å². The second-order valence-electron chi connectivity index (χ2n) is 5.22. The zero-order valence-corrected chi connectivity index (χ0v) is 10.6. The van der Waals surface area contributed by atoms with Gasteiger partial charge in [0.1, 0.15) is 0 Å². The van der Waals surface area contributed by atoms with Crippen LogP contribution in [0.25, 0.3) is 0 Å². The van der Waals surface area contributed by atoms with Gasteiger partial charge in [-0.05, 0) is 39.2 Å². The molecule has 16 heavy (non-hydrogen) atoms. The lowest BCUT2D eigenvalue weighted by Gasteiger charge is -2.34. The van der Waals surface area contributed by atoms with Crippen LogP contribution in [0.4, 0.5) is 0 Å². The topological polar surface area (TPSA) is 24.5 Å². The first-order chi connectivity index (χ1) is 7.86. The molecule has 0 saturated carbocycles. The summed E-state index contributed by atoms with van der Waals surface area (Å²) in [7, 11) is 0. The zero-order chi connectivity index (χ0) is 11.2. The fourth-order valence-corrected chi connectivity index (χ4v) is 2.80. The molecule has 1 unspecified atom stereocenters. The van der Waals surface area contributed by atoms with E-state index in [0.717, 1.165) is 25.8 Å². The lowest BCUT2D eigenvalue weighted by atomic mass is 10.0. The van der Waals surface area contributed by atoms with E-state index in [1.165, 1.54) is 45.2 Å². The quantitative estimate of drug-likeness (QED) is 0.788. The molecule has 3 nitrogen and oxygen atoms in total. The van der Waals surface area contributed by atoms with Crippen molar-refractivity contribution >= 4 is 0 Å². The molecule has 3 heteroatoms. The molecular formula is C13H26N2O. The third kappa shape index (κ3) is 3.72. The molecule has 2 fully saturated rings.